The molecular formula is C24H26N6O3S. The summed E-state index contributed by atoms with van der Waals surface area (Å²) < 4.78 is 26.8. The first-order chi connectivity index (χ1) is 16.3. The standard InChI is InChI=1S/C24H26N6O3S/c1-29-15-19(14-26-29)21-13-18-7-10-25-24(31)22(18)23(28-21)27-20-5-3-16(4-6-20)17-8-11-30(12-9-17)34(2,32)33/h3-7,10,13-15,17H,8-9,11-12H2,1-2H3,(H,25,31)(H,27,28). The van der Waals surface area contributed by atoms with Crippen molar-refractivity contribution in [3.05, 3.63) is 70.9 Å². The van der Waals surface area contributed by atoms with E-state index in [2.05, 4.69) is 27.5 Å². The zero-order chi connectivity index (χ0) is 23.9. The van der Waals surface area contributed by atoms with Crippen molar-refractivity contribution in [1.82, 2.24) is 24.1 Å². The van der Waals surface area contributed by atoms with Crippen LogP contribution in [0.25, 0.3) is 22.0 Å². The van der Waals surface area contributed by atoms with Gasteiger partial charge in [-0.25, -0.2) is 17.7 Å². The summed E-state index contributed by atoms with van der Waals surface area (Å²) in [5, 5.41) is 8.82. The van der Waals surface area contributed by atoms with E-state index in [4.69, 9.17) is 4.98 Å². The van der Waals surface area contributed by atoms with E-state index in [0.717, 1.165) is 35.2 Å². The van der Waals surface area contributed by atoms with E-state index in [1.54, 1.807) is 21.4 Å². The Hall–Kier alpha value is -3.50. The molecule has 9 nitrogen and oxygen atoms in total. The van der Waals surface area contributed by atoms with Crippen LogP contribution >= 0.6 is 0 Å². The topological polar surface area (TPSA) is 113 Å². The summed E-state index contributed by atoms with van der Waals surface area (Å²) in [6.07, 6.45) is 8.12. The number of anilines is 2. The van der Waals surface area contributed by atoms with E-state index in [9.17, 15) is 13.2 Å². The van der Waals surface area contributed by atoms with Crippen molar-refractivity contribution in [1.29, 1.82) is 0 Å². The maximum absolute atomic E-state index is 12.6. The molecule has 3 aromatic heterocycles. The lowest BCUT2D eigenvalue weighted by molar-refractivity contribution is 0.321. The van der Waals surface area contributed by atoms with Crippen LogP contribution in [0.5, 0.6) is 0 Å². The highest BCUT2D eigenvalue weighted by molar-refractivity contribution is 7.88. The van der Waals surface area contributed by atoms with Crippen molar-refractivity contribution in [3.63, 3.8) is 0 Å². The number of aromatic nitrogens is 4. The third kappa shape index (κ3) is 4.46. The third-order valence-electron chi connectivity index (χ3n) is 6.32. The van der Waals surface area contributed by atoms with Crippen LogP contribution in [0.4, 0.5) is 11.5 Å². The van der Waals surface area contributed by atoms with E-state index in [1.807, 2.05) is 37.5 Å². The highest BCUT2D eigenvalue weighted by Gasteiger charge is 2.25. The molecular weight excluding hydrogens is 452 g/mol. The molecule has 1 aromatic carbocycles. The van der Waals surface area contributed by atoms with Crippen LogP contribution < -0.4 is 10.9 Å². The molecule has 4 aromatic rings. The molecule has 0 spiro atoms. The third-order valence-corrected chi connectivity index (χ3v) is 7.63. The zero-order valence-electron chi connectivity index (χ0n) is 19.0. The van der Waals surface area contributed by atoms with Crippen molar-refractivity contribution >= 4 is 32.3 Å². The number of hydrogen-bond donors (Lipinski definition) is 2. The molecule has 0 radical (unpaired) electrons. The van der Waals surface area contributed by atoms with Gasteiger partial charge < -0.3 is 10.3 Å². The molecule has 10 heteroatoms. The highest BCUT2D eigenvalue weighted by Crippen LogP contribution is 2.31. The Morgan fingerprint density at radius 3 is 2.50 bits per heavy atom. The zero-order valence-corrected chi connectivity index (χ0v) is 19.8. The Morgan fingerprint density at radius 1 is 1.12 bits per heavy atom. The van der Waals surface area contributed by atoms with E-state index in [0.29, 0.717) is 30.2 Å². The van der Waals surface area contributed by atoms with E-state index < -0.39 is 10.0 Å². The number of fused-ring (bicyclic) bond motifs is 1. The van der Waals surface area contributed by atoms with Gasteiger partial charge in [-0.3, -0.25) is 9.48 Å². The summed E-state index contributed by atoms with van der Waals surface area (Å²) in [7, 11) is -1.29. The molecule has 0 aliphatic carbocycles. The number of nitrogens with one attached hydrogen (secondary N) is 2. The first-order valence-corrected chi connectivity index (χ1v) is 13.0. The molecule has 5 rings (SSSR count). The van der Waals surface area contributed by atoms with Crippen molar-refractivity contribution < 1.29 is 8.42 Å². The van der Waals surface area contributed by atoms with Crippen LogP contribution in [-0.2, 0) is 17.1 Å². The van der Waals surface area contributed by atoms with Gasteiger partial charge in [-0.1, -0.05) is 12.1 Å². The van der Waals surface area contributed by atoms with Crippen LogP contribution in [0.15, 0.2) is 59.8 Å². The van der Waals surface area contributed by atoms with Crippen LogP contribution in [-0.4, -0.2) is 51.8 Å². The lowest BCUT2D eigenvalue weighted by Crippen LogP contribution is -2.37. The molecule has 0 bridgehead atoms. The highest BCUT2D eigenvalue weighted by atomic mass is 32.2. The molecule has 0 unspecified atom stereocenters. The largest absolute Gasteiger partial charge is 0.340 e. The molecule has 176 valence electrons. The van der Waals surface area contributed by atoms with Crippen LogP contribution in [0.2, 0.25) is 0 Å². The minimum atomic E-state index is -3.13. The number of aryl methyl sites for hydroxylation is 1. The normalized spacial score (nSPS) is 15.6. The van der Waals surface area contributed by atoms with E-state index >= 15 is 0 Å². The van der Waals surface area contributed by atoms with E-state index in [-0.39, 0.29) is 5.56 Å². The molecule has 4 heterocycles. The molecule has 1 aliphatic heterocycles. The smallest absolute Gasteiger partial charge is 0.259 e. The molecule has 34 heavy (non-hydrogen) atoms. The molecule has 1 fully saturated rings. The fourth-order valence-corrected chi connectivity index (χ4v) is 5.38. The molecule has 0 amide bonds. The molecule has 0 atom stereocenters. The average Bonchev–Trinajstić information content (AvgIpc) is 3.25. The van der Waals surface area contributed by atoms with Crippen LogP contribution in [0.3, 0.4) is 0 Å². The Balaban J connectivity index is 1.41. The minimum absolute atomic E-state index is 0.209. The molecule has 2 N–H and O–H groups in total. The summed E-state index contributed by atoms with van der Waals surface area (Å²) in [6, 6.07) is 11.8. The summed E-state index contributed by atoms with van der Waals surface area (Å²) in [4.78, 5) is 20.1. The first-order valence-electron chi connectivity index (χ1n) is 11.1. The lowest BCUT2D eigenvalue weighted by atomic mass is 9.90. The number of rotatable bonds is 5. The van der Waals surface area contributed by atoms with Gasteiger partial charge in [0.15, 0.2) is 0 Å². The van der Waals surface area contributed by atoms with Gasteiger partial charge in [-0.15, -0.1) is 0 Å². The Labute approximate surface area is 197 Å². The summed E-state index contributed by atoms with van der Waals surface area (Å²) in [6.45, 7) is 1.09. The molecule has 1 saturated heterocycles. The predicted octanol–water partition coefficient (Wildman–Crippen LogP) is 3.21. The maximum Gasteiger partial charge on any atom is 0.259 e. The van der Waals surface area contributed by atoms with Crippen LogP contribution in [0.1, 0.15) is 24.3 Å². The average molecular weight is 479 g/mol. The molecule has 0 saturated carbocycles. The second-order valence-electron chi connectivity index (χ2n) is 8.71. The van der Waals surface area contributed by atoms with Gasteiger partial charge in [-0.2, -0.15) is 5.10 Å². The van der Waals surface area contributed by atoms with Gasteiger partial charge in [-0.05, 0) is 54.0 Å². The number of nitrogens with zero attached hydrogens (tertiary/aromatic N) is 4. The van der Waals surface area contributed by atoms with Gasteiger partial charge in [0.2, 0.25) is 10.0 Å². The van der Waals surface area contributed by atoms with Gasteiger partial charge in [0, 0.05) is 43.8 Å². The lowest BCUT2D eigenvalue weighted by Gasteiger charge is -2.30. The Bertz CT molecular complexity index is 1500. The van der Waals surface area contributed by atoms with Crippen molar-refractivity contribution in [3.8, 4) is 11.3 Å². The number of pyridine rings is 2. The van der Waals surface area contributed by atoms with Crippen LogP contribution in [0, 0.1) is 0 Å². The SMILES string of the molecule is Cn1cc(-c2cc3cc[nH]c(=O)c3c(Nc3ccc(C4CCN(S(C)(=O)=O)CC4)cc3)n2)cn1. The van der Waals surface area contributed by atoms with Crippen molar-refractivity contribution in [2.75, 3.05) is 24.7 Å². The second kappa shape index (κ2) is 8.69. The maximum atomic E-state index is 12.6. The second-order valence-corrected chi connectivity index (χ2v) is 10.7. The monoisotopic (exact) mass is 478 g/mol. The minimum Gasteiger partial charge on any atom is -0.340 e. The fraction of sp³-hybridized carbons (Fsp3) is 0.292. The van der Waals surface area contributed by atoms with Crippen molar-refractivity contribution in [2.45, 2.75) is 18.8 Å². The number of benzene rings is 1. The number of sulfonamides is 1. The first kappa shape index (κ1) is 22.3. The van der Waals surface area contributed by atoms with Gasteiger partial charge >= 0.3 is 0 Å². The Kier molecular flexibility index (Phi) is 5.70. The quantitative estimate of drug-likeness (QED) is 0.455. The Morgan fingerprint density at radius 2 is 1.85 bits per heavy atom. The van der Waals surface area contributed by atoms with E-state index in [1.165, 1.54) is 11.8 Å². The number of hydrogen-bond acceptors (Lipinski definition) is 6. The summed E-state index contributed by atoms with van der Waals surface area (Å²) in [5.41, 5.74) is 3.38. The number of aromatic amines is 1. The number of piperidine rings is 1. The van der Waals surface area contributed by atoms with Gasteiger partial charge in [0.1, 0.15) is 5.82 Å². The van der Waals surface area contributed by atoms with Crippen molar-refractivity contribution in [2.24, 2.45) is 7.05 Å². The molecule has 1 aliphatic rings. The fourth-order valence-electron chi connectivity index (χ4n) is 4.50. The predicted molar refractivity (Wildman–Crippen MR) is 133 cm³/mol. The summed E-state index contributed by atoms with van der Waals surface area (Å²) >= 11 is 0. The summed E-state index contributed by atoms with van der Waals surface area (Å²) in [5.74, 6) is 0.801. The number of H-pyrrole nitrogens is 1. The van der Waals surface area contributed by atoms with Gasteiger partial charge in [0.25, 0.3) is 5.56 Å². The van der Waals surface area contributed by atoms with Gasteiger partial charge in [0.05, 0.1) is 23.5 Å².